The topological polar surface area (TPSA) is 98.7 Å². The molecule has 2 fully saturated rings. The summed E-state index contributed by atoms with van der Waals surface area (Å²) in [5.41, 5.74) is 1.79. The quantitative estimate of drug-likeness (QED) is 0.720. The Morgan fingerprint density at radius 1 is 1.30 bits per heavy atom. The molecule has 0 saturated carbocycles. The van der Waals surface area contributed by atoms with Crippen LogP contribution in [-0.2, 0) is 21.1 Å². The molecule has 158 valence electrons. The molecule has 1 aromatic heterocycles. The molecule has 0 radical (unpaired) electrons. The minimum atomic E-state index is -3.31. The molecule has 3 aliphatic rings. The first-order chi connectivity index (χ1) is 14.4. The minimum Gasteiger partial charge on any atom is -0.480 e. The predicted molar refractivity (Wildman–Crippen MR) is 108 cm³/mol. The first-order valence-corrected chi connectivity index (χ1v) is 11.7. The minimum absolute atomic E-state index is 0.114. The van der Waals surface area contributed by atoms with E-state index in [4.69, 9.17) is 9.47 Å². The summed E-state index contributed by atoms with van der Waals surface area (Å²) in [6.45, 7) is 2.44. The third-order valence-corrected chi connectivity index (χ3v) is 9.04. The lowest BCUT2D eigenvalue weighted by atomic mass is 9.83. The van der Waals surface area contributed by atoms with Gasteiger partial charge < -0.3 is 14.4 Å². The molecule has 2 saturated heterocycles. The first-order valence-electron chi connectivity index (χ1n) is 10.1. The Hall–Kier alpha value is -2.68. The molecule has 0 aliphatic carbocycles. The van der Waals surface area contributed by atoms with Gasteiger partial charge in [0.25, 0.3) is 5.91 Å². The Bertz CT molecular complexity index is 1070. The highest BCUT2D eigenvalue weighted by Gasteiger charge is 2.63. The summed E-state index contributed by atoms with van der Waals surface area (Å²) in [5, 5.41) is 0. The van der Waals surface area contributed by atoms with E-state index in [9.17, 15) is 13.2 Å². The molecule has 0 N–H and O–H groups in total. The monoisotopic (exact) mass is 429 g/mol. The highest BCUT2D eigenvalue weighted by atomic mass is 32.2. The van der Waals surface area contributed by atoms with Crippen LogP contribution in [0.2, 0.25) is 0 Å². The van der Waals surface area contributed by atoms with Crippen molar-refractivity contribution in [3.63, 3.8) is 0 Å². The lowest BCUT2D eigenvalue weighted by Gasteiger charge is -2.50. The van der Waals surface area contributed by atoms with Crippen LogP contribution < -0.4 is 9.47 Å². The van der Waals surface area contributed by atoms with Crippen LogP contribution in [0.5, 0.6) is 11.8 Å². The summed E-state index contributed by atoms with van der Waals surface area (Å²) in [5.74, 6) is 0.491. The van der Waals surface area contributed by atoms with Crippen molar-refractivity contribution in [2.24, 2.45) is 5.92 Å². The van der Waals surface area contributed by atoms with Crippen molar-refractivity contribution in [1.82, 2.24) is 14.9 Å². The van der Waals surface area contributed by atoms with E-state index in [2.05, 4.69) is 9.97 Å². The van der Waals surface area contributed by atoms with E-state index in [1.807, 2.05) is 31.2 Å². The van der Waals surface area contributed by atoms with Crippen LogP contribution >= 0.6 is 0 Å². The number of carbonyl (C=O) groups is 1. The van der Waals surface area contributed by atoms with Gasteiger partial charge in [0.2, 0.25) is 0 Å². The Balaban J connectivity index is 1.26. The van der Waals surface area contributed by atoms with Gasteiger partial charge in [-0.25, -0.2) is 18.4 Å². The molecular weight excluding hydrogens is 406 g/mol. The number of sulfone groups is 1. The van der Waals surface area contributed by atoms with Crippen molar-refractivity contribution in [3.05, 3.63) is 47.8 Å². The molecule has 0 unspecified atom stereocenters. The molecular formula is C21H23N3O5S. The van der Waals surface area contributed by atoms with Gasteiger partial charge in [-0.1, -0.05) is 18.2 Å². The number of carbonyl (C=O) groups excluding carboxylic acids is 1. The van der Waals surface area contributed by atoms with Crippen LogP contribution in [0.1, 0.15) is 17.7 Å². The summed E-state index contributed by atoms with van der Waals surface area (Å²) in [6, 6.07) is 9.61. The number of hydrogen-bond donors (Lipinski definition) is 0. The Morgan fingerprint density at radius 2 is 2.10 bits per heavy atom. The molecule has 1 aromatic carbocycles. The van der Waals surface area contributed by atoms with Crippen LogP contribution in [0.25, 0.3) is 0 Å². The number of likely N-dealkylation sites (tertiary alicyclic amines) is 1. The van der Waals surface area contributed by atoms with E-state index in [-0.39, 0.29) is 43.3 Å². The molecule has 1 spiro atoms. The first kappa shape index (κ1) is 19.3. The van der Waals surface area contributed by atoms with Gasteiger partial charge in [-0.2, -0.15) is 0 Å². The van der Waals surface area contributed by atoms with Gasteiger partial charge >= 0.3 is 6.01 Å². The average Bonchev–Trinajstić information content (AvgIpc) is 3.23. The zero-order chi connectivity index (χ0) is 20.9. The Morgan fingerprint density at radius 3 is 2.87 bits per heavy atom. The number of fused-ring (bicyclic) bond motifs is 1. The van der Waals surface area contributed by atoms with Crippen molar-refractivity contribution in [2.45, 2.75) is 30.6 Å². The van der Waals surface area contributed by atoms with E-state index in [0.29, 0.717) is 12.8 Å². The normalized spacial score (nSPS) is 25.4. The predicted octanol–water partition coefficient (Wildman–Crippen LogP) is 1.18. The zero-order valence-corrected chi connectivity index (χ0v) is 17.5. The van der Waals surface area contributed by atoms with Crippen LogP contribution in [0.4, 0.5) is 0 Å². The highest BCUT2D eigenvalue weighted by molar-refractivity contribution is 7.93. The number of aromatic nitrogens is 2. The molecule has 8 nitrogen and oxygen atoms in total. The maximum absolute atomic E-state index is 12.9. The standard InChI is InChI=1S/C21H23N3O5S/c1-14-6-8-22-20(23-14)28-11-16-7-9-30(26,27)21(16)12-24(13-21)19(25)18-10-15-4-2-3-5-17(15)29-18/h2-6,8,16,18H,7,9-13H2,1H3/t16-,18+/m0/s1. The Labute approximate surface area is 175 Å². The van der Waals surface area contributed by atoms with Crippen LogP contribution in [0.15, 0.2) is 36.5 Å². The molecule has 30 heavy (non-hydrogen) atoms. The van der Waals surface area contributed by atoms with Gasteiger partial charge in [0.15, 0.2) is 15.9 Å². The number of ether oxygens (including phenoxy) is 2. The van der Waals surface area contributed by atoms with Crippen molar-refractivity contribution >= 4 is 15.7 Å². The van der Waals surface area contributed by atoms with E-state index < -0.39 is 20.7 Å². The third-order valence-electron chi connectivity index (χ3n) is 6.44. The van der Waals surface area contributed by atoms with Crippen LogP contribution in [-0.4, -0.2) is 65.5 Å². The lowest BCUT2D eigenvalue weighted by Crippen LogP contribution is -2.70. The third kappa shape index (κ3) is 3.03. The molecule has 9 heteroatoms. The van der Waals surface area contributed by atoms with Gasteiger partial charge in [-0.15, -0.1) is 0 Å². The number of rotatable bonds is 4. The largest absolute Gasteiger partial charge is 0.480 e. The molecule has 2 atom stereocenters. The van der Waals surface area contributed by atoms with Gasteiger partial charge in [0.05, 0.1) is 12.4 Å². The maximum atomic E-state index is 12.9. The summed E-state index contributed by atoms with van der Waals surface area (Å²) >= 11 is 0. The van der Waals surface area contributed by atoms with Crippen molar-refractivity contribution in [1.29, 1.82) is 0 Å². The van der Waals surface area contributed by atoms with E-state index >= 15 is 0 Å². The van der Waals surface area contributed by atoms with Gasteiger partial charge in [-0.05, 0) is 31.0 Å². The number of hydrogen-bond acceptors (Lipinski definition) is 7. The zero-order valence-electron chi connectivity index (χ0n) is 16.7. The number of nitrogens with zero attached hydrogens (tertiary/aromatic N) is 3. The van der Waals surface area contributed by atoms with Crippen molar-refractivity contribution in [3.8, 4) is 11.8 Å². The second-order valence-corrected chi connectivity index (χ2v) is 10.7. The van der Waals surface area contributed by atoms with Gasteiger partial charge in [0, 0.05) is 37.3 Å². The summed E-state index contributed by atoms with van der Waals surface area (Å²) in [4.78, 5) is 22.8. The second kappa shape index (κ2) is 6.94. The maximum Gasteiger partial charge on any atom is 0.316 e. The van der Waals surface area contributed by atoms with E-state index in [1.165, 1.54) is 0 Å². The fourth-order valence-corrected chi connectivity index (χ4v) is 7.06. The van der Waals surface area contributed by atoms with Crippen LogP contribution in [0.3, 0.4) is 0 Å². The van der Waals surface area contributed by atoms with Crippen molar-refractivity contribution < 1.29 is 22.7 Å². The van der Waals surface area contributed by atoms with E-state index in [1.54, 1.807) is 17.2 Å². The number of amides is 1. The smallest absolute Gasteiger partial charge is 0.316 e. The summed E-state index contributed by atoms with van der Waals surface area (Å²) < 4.78 is 36.3. The number of para-hydroxylation sites is 1. The molecule has 5 rings (SSSR count). The van der Waals surface area contributed by atoms with Crippen LogP contribution in [0, 0.1) is 12.8 Å². The number of aryl methyl sites for hydroxylation is 1. The van der Waals surface area contributed by atoms with Gasteiger partial charge in [0.1, 0.15) is 10.5 Å². The van der Waals surface area contributed by atoms with Crippen molar-refractivity contribution in [2.75, 3.05) is 25.4 Å². The highest BCUT2D eigenvalue weighted by Crippen LogP contribution is 2.45. The van der Waals surface area contributed by atoms with E-state index in [0.717, 1.165) is 17.0 Å². The Kier molecular flexibility index (Phi) is 4.46. The molecule has 1 amide bonds. The fraction of sp³-hybridized carbons (Fsp3) is 0.476. The summed E-state index contributed by atoms with van der Waals surface area (Å²) in [6.07, 6.45) is 2.06. The SMILES string of the molecule is Cc1ccnc(OC[C@@H]2CCS(=O)(=O)C23CN(C(=O)[C@H]2Cc4ccccc4O2)C3)n1. The molecule has 4 heterocycles. The fourth-order valence-electron chi connectivity index (χ4n) is 4.66. The molecule has 3 aliphatic heterocycles. The molecule has 2 aromatic rings. The van der Waals surface area contributed by atoms with Gasteiger partial charge in [-0.3, -0.25) is 4.79 Å². The average molecular weight is 429 g/mol. The number of benzene rings is 1. The lowest BCUT2D eigenvalue weighted by molar-refractivity contribution is -0.144. The second-order valence-electron chi connectivity index (χ2n) is 8.27. The molecule has 0 bridgehead atoms. The summed E-state index contributed by atoms with van der Waals surface area (Å²) in [7, 11) is -3.31.